The lowest BCUT2D eigenvalue weighted by molar-refractivity contribution is 0.00505. The molecule has 1 heterocycles. The van der Waals surface area contributed by atoms with Crippen LogP contribution in [0.4, 0.5) is 4.39 Å². The van der Waals surface area contributed by atoms with E-state index in [4.69, 9.17) is 4.74 Å². The van der Waals surface area contributed by atoms with Gasteiger partial charge in [0.15, 0.2) is 0 Å². The van der Waals surface area contributed by atoms with Crippen molar-refractivity contribution in [3.63, 3.8) is 0 Å². The predicted molar refractivity (Wildman–Crippen MR) is 75.6 cm³/mol. The van der Waals surface area contributed by atoms with E-state index in [0.717, 1.165) is 38.0 Å². The highest BCUT2D eigenvalue weighted by molar-refractivity contribution is 5.20. The van der Waals surface area contributed by atoms with Gasteiger partial charge in [-0.15, -0.1) is 0 Å². The van der Waals surface area contributed by atoms with Gasteiger partial charge in [-0.1, -0.05) is 19.1 Å². The number of benzene rings is 1. The molecule has 2 rings (SSSR count). The molecule has 0 aromatic heterocycles. The molecular formula is C16H24FNO. The Morgan fingerprint density at radius 1 is 1.32 bits per heavy atom. The standard InChI is InChI=1S/C16H24FNO/c1-2-10-18-16(12-15-5-3-4-11-19-15)13-6-8-14(17)9-7-13/h6-9,15-16,18H,2-5,10-12H2,1H3. The van der Waals surface area contributed by atoms with E-state index >= 15 is 0 Å². The Balaban J connectivity index is 1.99. The Kier molecular flexibility index (Phi) is 5.80. The van der Waals surface area contributed by atoms with E-state index in [2.05, 4.69) is 12.2 Å². The van der Waals surface area contributed by atoms with Gasteiger partial charge in [-0.3, -0.25) is 0 Å². The maximum absolute atomic E-state index is 13.0. The zero-order valence-corrected chi connectivity index (χ0v) is 11.7. The summed E-state index contributed by atoms with van der Waals surface area (Å²) in [5, 5.41) is 3.55. The average Bonchev–Trinajstić information content (AvgIpc) is 2.45. The fourth-order valence-electron chi connectivity index (χ4n) is 2.61. The minimum absolute atomic E-state index is 0.174. The molecule has 1 aromatic rings. The summed E-state index contributed by atoms with van der Waals surface area (Å²) in [6.07, 6.45) is 6.00. The molecule has 106 valence electrons. The lowest BCUT2D eigenvalue weighted by atomic mass is 9.96. The van der Waals surface area contributed by atoms with Gasteiger partial charge in [-0.2, -0.15) is 0 Å². The van der Waals surface area contributed by atoms with Gasteiger partial charge in [-0.05, 0) is 56.3 Å². The molecule has 1 aliphatic rings. The van der Waals surface area contributed by atoms with Gasteiger partial charge >= 0.3 is 0 Å². The number of nitrogens with one attached hydrogen (secondary N) is 1. The van der Waals surface area contributed by atoms with Crippen LogP contribution in [0.2, 0.25) is 0 Å². The molecule has 0 bridgehead atoms. The van der Waals surface area contributed by atoms with Crippen LogP contribution in [0.25, 0.3) is 0 Å². The second-order valence-corrected chi connectivity index (χ2v) is 5.28. The zero-order chi connectivity index (χ0) is 13.5. The highest BCUT2D eigenvalue weighted by Crippen LogP contribution is 2.25. The molecule has 1 fully saturated rings. The van der Waals surface area contributed by atoms with Crippen molar-refractivity contribution < 1.29 is 9.13 Å². The van der Waals surface area contributed by atoms with Gasteiger partial charge in [-0.25, -0.2) is 4.39 Å². The Bertz CT molecular complexity index is 360. The summed E-state index contributed by atoms with van der Waals surface area (Å²) < 4.78 is 18.8. The van der Waals surface area contributed by atoms with Crippen LogP contribution in [0, 0.1) is 5.82 Å². The molecule has 1 aliphatic heterocycles. The SMILES string of the molecule is CCCNC(CC1CCCCO1)c1ccc(F)cc1. The molecule has 0 amide bonds. The van der Waals surface area contributed by atoms with Gasteiger partial charge in [0.2, 0.25) is 0 Å². The number of hydrogen-bond acceptors (Lipinski definition) is 2. The Morgan fingerprint density at radius 2 is 2.11 bits per heavy atom. The van der Waals surface area contributed by atoms with Gasteiger partial charge < -0.3 is 10.1 Å². The first kappa shape index (κ1) is 14.5. The fourth-order valence-corrected chi connectivity index (χ4v) is 2.61. The van der Waals surface area contributed by atoms with E-state index in [1.54, 1.807) is 0 Å². The van der Waals surface area contributed by atoms with Crippen molar-refractivity contribution in [2.45, 2.75) is 51.2 Å². The van der Waals surface area contributed by atoms with Crippen molar-refractivity contribution in [1.82, 2.24) is 5.32 Å². The molecule has 1 N–H and O–H groups in total. The zero-order valence-electron chi connectivity index (χ0n) is 11.7. The summed E-state index contributed by atoms with van der Waals surface area (Å²) in [7, 11) is 0. The van der Waals surface area contributed by atoms with Crippen LogP contribution in [0.15, 0.2) is 24.3 Å². The number of halogens is 1. The third-order valence-electron chi connectivity index (χ3n) is 3.69. The number of hydrogen-bond donors (Lipinski definition) is 1. The molecule has 0 spiro atoms. The largest absolute Gasteiger partial charge is 0.378 e. The van der Waals surface area contributed by atoms with Crippen LogP contribution in [0.5, 0.6) is 0 Å². The van der Waals surface area contributed by atoms with E-state index in [0.29, 0.717) is 6.10 Å². The highest BCUT2D eigenvalue weighted by Gasteiger charge is 2.20. The van der Waals surface area contributed by atoms with Crippen LogP contribution in [0.3, 0.4) is 0 Å². The summed E-state index contributed by atoms with van der Waals surface area (Å²) in [4.78, 5) is 0. The summed E-state index contributed by atoms with van der Waals surface area (Å²) in [5.41, 5.74) is 1.16. The molecule has 3 heteroatoms. The maximum atomic E-state index is 13.0. The van der Waals surface area contributed by atoms with E-state index in [1.165, 1.54) is 25.0 Å². The van der Waals surface area contributed by atoms with Crippen LogP contribution >= 0.6 is 0 Å². The second kappa shape index (κ2) is 7.61. The smallest absolute Gasteiger partial charge is 0.123 e. The lowest BCUT2D eigenvalue weighted by Gasteiger charge is -2.28. The predicted octanol–water partition coefficient (Wildman–Crippen LogP) is 3.83. The van der Waals surface area contributed by atoms with Crippen LogP contribution in [0.1, 0.15) is 50.6 Å². The molecule has 2 nitrogen and oxygen atoms in total. The van der Waals surface area contributed by atoms with Crippen molar-refractivity contribution in [3.05, 3.63) is 35.6 Å². The third kappa shape index (κ3) is 4.59. The van der Waals surface area contributed by atoms with Crippen molar-refractivity contribution in [2.24, 2.45) is 0 Å². The van der Waals surface area contributed by atoms with E-state index < -0.39 is 0 Å². The van der Waals surface area contributed by atoms with Crippen molar-refractivity contribution >= 4 is 0 Å². The molecule has 1 aromatic carbocycles. The van der Waals surface area contributed by atoms with E-state index in [-0.39, 0.29) is 11.9 Å². The summed E-state index contributed by atoms with van der Waals surface area (Å²) in [6.45, 7) is 4.02. The molecule has 0 radical (unpaired) electrons. The summed E-state index contributed by atoms with van der Waals surface area (Å²) in [6, 6.07) is 7.11. The van der Waals surface area contributed by atoms with Crippen LogP contribution in [-0.4, -0.2) is 19.3 Å². The Hall–Kier alpha value is -0.930. The van der Waals surface area contributed by atoms with Crippen LogP contribution < -0.4 is 5.32 Å². The minimum Gasteiger partial charge on any atom is -0.378 e. The highest BCUT2D eigenvalue weighted by atomic mass is 19.1. The van der Waals surface area contributed by atoms with Crippen molar-refractivity contribution in [2.75, 3.05) is 13.2 Å². The fraction of sp³-hybridized carbons (Fsp3) is 0.625. The molecule has 1 saturated heterocycles. The first-order valence-electron chi connectivity index (χ1n) is 7.40. The maximum Gasteiger partial charge on any atom is 0.123 e. The minimum atomic E-state index is -0.174. The van der Waals surface area contributed by atoms with Gasteiger partial charge in [0.25, 0.3) is 0 Å². The van der Waals surface area contributed by atoms with E-state index in [1.807, 2.05) is 12.1 Å². The average molecular weight is 265 g/mol. The summed E-state index contributed by atoms with van der Waals surface area (Å²) in [5.74, 6) is -0.174. The van der Waals surface area contributed by atoms with E-state index in [9.17, 15) is 4.39 Å². The van der Waals surface area contributed by atoms with Gasteiger partial charge in [0.1, 0.15) is 5.82 Å². The van der Waals surface area contributed by atoms with Crippen molar-refractivity contribution in [3.8, 4) is 0 Å². The first-order valence-corrected chi connectivity index (χ1v) is 7.40. The quantitative estimate of drug-likeness (QED) is 0.844. The monoisotopic (exact) mass is 265 g/mol. The van der Waals surface area contributed by atoms with Crippen LogP contribution in [-0.2, 0) is 4.74 Å². The van der Waals surface area contributed by atoms with Crippen molar-refractivity contribution in [1.29, 1.82) is 0 Å². The number of rotatable bonds is 6. The summed E-state index contributed by atoms with van der Waals surface area (Å²) >= 11 is 0. The van der Waals surface area contributed by atoms with Gasteiger partial charge in [0.05, 0.1) is 6.10 Å². The molecule has 2 unspecified atom stereocenters. The third-order valence-corrected chi connectivity index (χ3v) is 3.69. The normalized spacial score (nSPS) is 21.3. The lowest BCUT2D eigenvalue weighted by Crippen LogP contribution is -2.29. The topological polar surface area (TPSA) is 21.3 Å². The molecular weight excluding hydrogens is 241 g/mol. The Morgan fingerprint density at radius 3 is 2.74 bits per heavy atom. The molecule has 0 aliphatic carbocycles. The number of ether oxygens (including phenoxy) is 1. The first-order chi connectivity index (χ1) is 9.29. The molecule has 19 heavy (non-hydrogen) atoms. The molecule has 0 saturated carbocycles. The Labute approximate surface area is 115 Å². The molecule has 2 atom stereocenters. The second-order valence-electron chi connectivity index (χ2n) is 5.28. The van der Waals surface area contributed by atoms with Gasteiger partial charge in [0, 0.05) is 12.6 Å².